The predicted molar refractivity (Wildman–Crippen MR) is 147 cm³/mol. The Labute approximate surface area is 217 Å². The second kappa shape index (κ2) is 10.8. The van der Waals surface area contributed by atoms with Gasteiger partial charge in [0.1, 0.15) is 10.8 Å². The highest BCUT2D eigenvalue weighted by Crippen LogP contribution is 2.36. The van der Waals surface area contributed by atoms with E-state index in [4.69, 9.17) is 16.3 Å². The average Bonchev–Trinajstić information content (AvgIpc) is 2.86. The Kier molecular flexibility index (Phi) is 7.75. The molecule has 191 valence electrons. The number of benzene rings is 2. The smallest absolute Gasteiger partial charge is 0.232 e. The summed E-state index contributed by atoms with van der Waals surface area (Å²) in [4.78, 5) is 11.2. The van der Waals surface area contributed by atoms with E-state index in [-0.39, 0.29) is 5.02 Å². The number of halogens is 1. The number of ether oxygens (including phenoxy) is 1. The highest BCUT2D eigenvalue weighted by atomic mass is 35.5. The minimum absolute atomic E-state index is 0.290. The van der Waals surface area contributed by atoms with Crippen molar-refractivity contribution in [1.82, 2.24) is 9.97 Å². The van der Waals surface area contributed by atoms with Crippen molar-refractivity contribution in [3.05, 3.63) is 59.6 Å². The molecule has 0 amide bonds. The first-order valence-corrected chi connectivity index (χ1v) is 13.7. The molecule has 4 rings (SSSR count). The third kappa shape index (κ3) is 5.76. The Hall–Kier alpha value is -3.24. The zero-order valence-electron chi connectivity index (χ0n) is 20.7. The third-order valence-electron chi connectivity index (χ3n) is 6.05. The average molecular weight is 530 g/mol. The molecule has 0 bridgehead atoms. The SMILES string of the molecule is COc1cc(N2CC[CH]CC2)c(C)cc1Nc1ncc(Cl)c(Nc2ccccc2N(C)S(C)(=O)=O)n1. The van der Waals surface area contributed by atoms with Crippen molar-refractivity contribution in [3.63, 3.8) is 0 Å². The molecule has 11 heteroatoms. The monoisotopic (exact) mass is 529 g/mol. The van der Waals surface area contributed by atoms with E-state index in [1.54, 1.807) is 31.4 Å². The molecule has 1 aliphatic rings. The summed E-state index contributed by atoms with van der Waals surface area (Å²) < 4.78 is 31.1. The van der Waals surface area contributed by atoms with Gasteiger partial charge in [-0.3, -0.25) is 4.31 Å². The van der Waals surface area contributed by atoms with Gasteiger partial charge < -0.3 is 20.3 Å². The second-order valence-corrected chi connectivity index (χ2v) is 11.0. The summed E-state index contributed by atoms with van der Waals surface area (Å²) >= 11 is 6.38. The van der Waals surface area contributed by atoms with E-state index in [1.165, 1.54) is 17.5 Å². The van der Waals surface area contributed by atoms with Gasteiger partial charge >= 0.3 is 0 Å². The minimum Gasteiger partial charge on any atom is -0.494 e. The van der Waals surface area contributed by atoms with Crippen molar-refractivity contribution in [1.29, 1.82) is 0 Å². The van der Waals surface area contributed by atoms with Crippen molar-refractivity contribution in [2.45, 2.75) is 19.8 Å². The number of aryl methyl sites for hydroxylation is 1. The third-order valence-corrected chi connectivity index (χ3v) is 7.52. The quantitative estimate of drug-likeness (QED) is 0.414. The molecule has 1 radical (unpaired) electrons. The fourth-order valence-electron chi connectivity index (χ4n) is 4.07. The van der Waals surface area contributed by atoms with Gasteiger partial charge in [-0.05, 0) is 49.9 Å². The summed E-state index contributed by atoms with van der Waals surface area (Å²) in [5, 5.41) is 6.66. The Bertz CT molecular complexity index is 1350. The molecule has 1 aromatic heterocycles. The van der Waals surface area contributed by atoms with Crippen molar-refractivity contribution < 1.29 is 13.2 Å². The fourth-order valence-corrected chi connectivity index (χ4v) is 4.73. The number of methoxy groups -OCH3 is 1. The van der Waals surface area contributed by atoms with E-state index in [9.17, 15) is 8.42 Å². The van der Waals surface area contributed by atoms with Gasteiger partial charge in [-0.1, -0.05) is 23.7 Å². The molecule has 0 aliphatic carbocycles. The van der Waals surface area contributed by atoms with Crippen LogP contribution in [0.15, 0.2) is 42.6 Å². The Morgan fingerprint density at radius 2 is 1.83 bits per heavy atom. The van der Waals surface area contributed by atoms with Gasteiger partial charge in [0.15, 0.2) is 5.82 Å². The van der Waals surface area contributed by atoms with Crippen LogP contribution in [0.2, 0.25) is 5.02 Å². The van der Waals surface area contributed by atoms with E-state index in [2.05, 4.69) is 38.8 Å². The lowest BCUT2D eigenvalue weighted by molar-refractivity contribution is 0.416. The van der Waals surface area contributed by atoms with Crippen LogP contribution >= 0.6 is 11.6 Å². The maximum absolute atomic E-state index is 12.1. The summed E-state index contributed by atoms with van der Waals surface area (Å²) in [6.07, 6.45) is 7.09. The van der Waals surface area contributed by atoms with E-state index >= 15 is 0 Å². The van der Waals surface area contributed by atoms with Gasteiger partial charge in [0.25, 0.3) is 0 Å². The molecule has 2 heterocycles. The zero-order valence-corrected chi connectivity index (χ0v) is 22.3. The molecular weight excluding hydrogens is 500 g/mol. The van der Waals surface area contributed by atoms with E-state index < -0.39 is 10.0 Å². The second-order valence-electron chi connectivity index (χ2n) is 8.58. The van der Waals surface area contributed by atoms with Gasteiger partial charge in [-0.2, -0.15) is 4.98 Å². The van der Waals surface area contributed by atoms with Crippen LogP contribution in [0.5, 0.6) is 5.75 Å². The van der Waals surface area contributed by atoms with Crippen LogP contribution < -0.4 is 24.6 Å². The molecule has 0 unspecified atom stereocenters. The summed E-state index contributed by atoms with van der Waals surface area (Å²) in [6.45, 7) is 4.05. The van der Waals surface area contributed by atoms with Crippen LogP contribution in [-0.4, -0.2) is 51.9 Å². The lowest BCUT2D eigenvalue weighted by atomic mass is 10.1. The summed E-state index contributed by atoms with van der Waals surface area (Å²) in [5.41, 5.74) is 4.00. The predicted octanol–water partition coefficient (Wildman–Crippen LogP) is 5.13. The van der Waals surface area contributed by atoms with Gasteiger partial charge in [-0.15, -0.1) is 0 Å². The molecule has 36 heavy (non-hydrogen) atoms. The summed E-state index contributed by atoms with van der Waals surface area (Å²) in [7, 11) is -0.333. The Morgan fingerprint density at radius 1 is 1.11 bits per heavy atom. The molecular formula is C25H30ClN6O3S. The normalized spacial score (nSPS) is 13.9. The van der Waals surface area contributed by atoms with E-state index in [0.29, 0.717) is 28.9 Å². The standard InChI is InChI=1S/C25H30ClN6O3S/c1-17-14-20(23(35-3)15-22(17)32-12-8-5-9-13-32)29-25-27-16-18(26)24(30-25)28-19-10-6-7-11-21(19)31(2)36(4,33)34/h5-7,10-11,14-16H,8-9,12-13H2,1-4H3,(H2,27,28,29,30). The first-order chi connectivity index (χ1) is 17.2. The maximum Gasteiger partial charge on any atom is 0.232 e. The molecule has 9 nitrogen and oxygen atoms in total. The number of rotatable bonds is 8. The van der Waals surface area contributed by atoms with E-state index in [0.717, 1.165) is 49.1 Å². The van der Waals surface area contributed by atoms with E-state index in [1.807, 2.05) is 12.1 Å². The van der Waals surface area contributed by atoms with Crippen molar-refractivity contribution in [2.24, 2.45) is 0 Å². The van der Waals surface area contributed by atoms with Crippen LogP contribution in [0.1, 0.15) is 18.4 Å². The Morgan fingerprint density at radius 3 is 2.53 bits per heavy atom. The lowest BCUT2D eigenvalue weighted by Crippen LogP contribution is -2.30. The zero-order chi connectivity index (χ0) is 25.9. The number of nitrogens with zero attached hydrogens (tertiary/aromatic N) is 4. The molecule has 2 aromatic carbocycles. The largest absolute Gasteiger partial charge is 0.494 e. The van der Waals surface area contributed by atoms with Crippen molar-refractivity contribution >= 4 is 56.1 Å². The number of para-hydroxylation sites is 2. The number of aromatic nitrogens is 2. The van der Waals surface area contributed by atoms with Gasteiger partial charge in [0, 0.05) is 31.9 Å². The lowest BCUT2D eigenvalue weighted by Gasteiger charge is -2.30. The van der Waals surface area contributed by atoms with Gasteiger partial charge in [-0.25, -0.2) is 13.4 Å². The minimum atomic E-state index is -3.46. The molecule has 1 aliphatic heterocycles. The molecule has 3 aromatic rings. The molecule has 1 saturated heterocycles. The molecule has 2 N–H and O–H groups in total. The van der Waals surface area contributed by atoms with Crippen molar-refractivity contribution in [2.75, 3.05) is 53.3 Å². The van der Waals surface area contributed by atoms with Crippen LogP contribution in [0.4, 0.5) is 34.5 Å². The van der Waals surface area contributed by atoms with Crippen molar-refractivity contribution in [3.8, 4) is 5.75 Å². The number of hydrogen-bond acceptors (Lipinski definition) is 8. The summed E-state index contributed by atoms with van der Waals surface area (Å²) in [5.74, 6) is 1.33. The van der Waals surface area contributed by atoms with Crippen LogP contribution in [-0.2, 0) is 10.0 Å². The van der Waals surface area contributed by atoms with Gasteiger partial charge in [0.05, 0.1) is 36.6 Å². The molecule has 0 atom stereocenters. The number of sulfonamides is 1. The Balaban J connectivity index is 1.62. The maximum atomic E-state index is 12.1. The van der Waals surface area contributed by atoms with Gasteiger partial charge in [0.2, 0.25) is 16.0 Å². The topological polar surface area (TPSA) is 99.7 Å². The van der Waals surface area contributed by atoms with Crippen LogP contribution in [0.3, 0.4) is 0 Å². The first kappa shape index (κ1) is 25.8. The van der Waals surface area contributed by atoms with Crippen LogP contribution in [0.25, 0.3) is 0 Å². The number of nitrogens with one attached hydrogen (secondary N) is 2. The first-order valence-electron chi connectivity index (χ1n) is 11.5. The number of hydrogen-bond donors (Lipinski definition) is 2. The molecule has 0 saturated carbocycles. The fraction of sp³-hybridized carbons (Fsp3) is 0.320. The molecule has 1 fully saturated rings. The summed E-state index contributed by atoms with van der Waals surface area (Å²) in [6, 6.07) is 11.1. The number of anilines is 6. The van der Waals surface area contributed by atoms with Crippen LogP contribution in [0, 0.1) is 13.3 Å². The molecule has 0 spiro atoms. The highest BCUT2D eigenvalue weighted by molar-refractivity contribution is 7.92. The number of piperidine rings is 1. The highest BCUT2D eigenvalue weighted by Gasteiger charge is 2.19.